The van der Waals surface area contributed by atoms with E-state index in [1.807, 2.05) is 24.3 Å². The maximum absolute atomic E-state index is 8.82. The number of nitriles is 1. The molecule has 2 aromatic rings. The van der Waals surface area contributed by atoms with E-state index in [4.69, 9.17) is 14.7 Å². The molecule has 0 amide bonds. The highest BCUT2D eigenvalue weighted by molar-refractivity contribution is 5.31. The van der Waals surface area contributed by atoms with Crippen LogP contribution in [0.25, 0.3) is 0 Å². The van der Waals surface area contributed by atoms with Crippen LogP contribution in [0.4, 0.5) is 0 Å². The second kappa shape index (κ2) is 7.07. The van der Waals surface area contributed by atoms with E-state index in [1.54, 1.807) is 19.5 Å². The number of nitrogens with zero attached hydrogens (tertiary/aromatic N) is 4. The van der Waals surface area contributed by atoms with Crippen molar-refractivity contribution in [1.82, 2.24) is 14.9 Å². The fourth-order valence-corrected chi connectivity index (χ4v) is 2.60. The summed E-state index contributed by atoms with van der Waals surface area (Å²) in [4.78, 5) is 10.6. The Labute approximate surface area is 135 Å². The molecule has 1 unspecified atom stereocenters. The Hall–Kier alpha value is -2.65. The fraction of sp³-hybridized carbons (Fsp3) is 0.353. The number of hydrogen-bond donors (Lipinski definition) is 0. The molecule has 1 aromatic heterocycles. The highest BCUT2D eigenvalue weighted by Gasteiger charge is 2.24. The molecule has 0 bridgehead atoms. The van der Waals surface area contributed by atoms with E-state index in [-0.39, 0.29) is 6.10 Å². The molecule has 0 spiro atoms. The number of methoxy groups -OCH3 is 1. The summed E-state index contributed by atoms with van der Waals surface area (Å²) in [5, 5.41) is 8.82. The lowest BCUT2D eigenvalue weighted by atomic mass is 10.1. The summed E-state index contributed by atoms with van der Waals surface area (Å²) >= 11 is 0. The molecule has 1 aliphatic rings. The van der Waals surface area contributed by atoms with Crippen LogP contribution in [0.15, 0.2) is 36.7 Å². The van der Waals surface area contributed by atoms with Crippen molar-refractivity contribution < 1.29 is 9.47 Å². The van der Waals surface area contributed by atoms with Gasteiger partial charge in [0.15, 0.2) is 5.75 Å². The fourth-order valence-electron chi connectivity index (χ4n) is 2.60. The molecule has 1 aliphatic heterocycles. The maximum atomic E-state index is 8.82. The molecule has 6 nitrogen and oxygen atoms in total. The molecule has 3 rings (SSSR count). The van der Waals surface area contributed by atoms with Crippen LogP contribution in [0.3, 0.4) is 0 Å². The first kappa shape index (κ1) is 15.3. The SMILES string of the molecule is COc1cnc(OC2CCN(Cc3ccc(C#N)cc3)C2)nc1. The molecule has 118 valence electrons. The van der Waals surface area contributed by atoms with E-state index >= 15 is 0 Å². The average molecular weight is 310 g/mol. The summed E-state index contributed by atoms with van der Waals surface area (Å²) in [7, 11) is 1.58. The minimum absolute atomic E-state index is 0.0989. The van der Waals surface area contributed by atoms with Gasteiger partial charge in [0.1, 0.15) is 6.10 Å². The Bertz CT molecular complexity index is 679. The lowest BCUT2D eigenvalue weighted by molar-refractivity contribution is 0.183. The van der Waals surface area contributed by atoms with Crippen LogP contribution in [0.1, 0.15) is 17.5 Å². The quantitative estimate of drug-likeness (QED) is 0.841. The summed E-state index contributed by atoms with van der Waals surface area (Å²) in [5.41, 5.74) is 1.89. The van der Waals surface area contributed by atoms with Gasteiger partial charge in [0.2, 0.25) is 0 Å². The smallest absolute Gasteiger partial charge is 0.316 e. The molecule has 0 saturated carbocycles. The number of ether oxygens (including phenoxy) is 2. The Balaban J connectivity index is 1.52. The Kier molecular flexibility index (Phi) is 4.69. The molecule has 1 fully saturated rings. The van der Waals surface area contributed by atoms with E-state index in [9.17, 15) is 0 Å². The number of hydrogen-bond acceptors (Lipinski definition) is 6. The summed E-state index contributed by atoms with van der Waals surface area (Å²) in [6, 6.07) is 10.2. The van der Waals surface area contributed by atoms with Gasteiger partial charge in [-0.3, -0.25) is 4.90 Å². The topological polar surface area (TPSA) is 71.3 Å². The summed E-state index contributed by atoms with van der Waals surface area (Å²) in [5.74, 6) is 0.617. The molecular formula is C17H18N4O2. The predicted molar refractivity (Wildman–Crippen MR) is 84.1 cm³/mol. The van der Waals surface area contributed by atoms with Crippen molar-refractivity contribution in [3.63, 3.8) is 0 Å². The zero-order chi connectivity index (χ0) is 16.1. The number of benzene rings is 1. The average Bonchev–Trinajstić information content (AvgIpc) is 3.03. The molecule has 0 N–H and O–H groups in total. The van der Waals surface area contributed by atoms with Crippen LogP contribution >= 0.6 is 0 Å². The van der Waals surface area contributed by atoms with Crippen molar-refractivity contribution in [3.8, 4) is 17.8 Å². The molecular weight excluding hydrogens is 292 g/mol. The molecule has 0 aliphatic carbocycles. The molecule has 23 heavy (non-hydrogen) atoms. The Morgan fingerprint density at radius 1 is 1.26 bits per heavy atom. The minimum Gasteiger partial charge on any atom is -0.494 e. The standard InChI is InChI=1S/C17H18N4O2/c1-22-16-9-19-17(20-10-16)23-15-6-7-21(12-15)11-14-4-2-13(8-18)3-5-14/h2-5,9-10,15H,6-7,11-12H2,1H3. The van der Waals surface area contributed by atoms with Gasteiger partial charge in [0.05, 0.1) is 31.1 Å². The van der Waals surface area contributed by atoms with Crippen LogP contribution in [0, 0.1) is 11.3 Å². The van der Waals surface area contributed by atoms with Gasteiger partial charge in [-0.25, -0.2) is 0 Å². The lowest BCUT2D eigenvalue weighted by Crippen LogP contribution is -2.25. The summed E-state index contributed by atoms with van der Waals surface area (Å²) in [6.07, 6.45) is 4.25. The van der Waals surface area contributed by atoms with Gasteiger partial charge in [0, 0.05) is 19.6 Å². The lowest BCUT2D eigenvalue weighted by Gasteiger charge is -2.16. The van der Waals surface area contributed by atoms with Gasteiger partial charge in [-0.2, -0.15) is 15.2 Å². The monoisotopic (exact) mass is 310 g/mol. The van der Waals surface area contributed by atoms with Crippen molar-refractivity contribution in [1.29, 1.82) is 5.26 Å². The molecule has 6 heteroatoms. The highest BCUT2D eigenvalue weighted by Crippen LogP contribution is 2.18. The third kappa shape index (κ3) is 3.96. The highest BCUT2D eigenvalue weighted by atomic mass is 16.5. The van der Waals surface area contributed by atoms with Gasteiger partial charge in [-0.15, -0.1) is 0 Å². The largest absolute Gasteiger partial charge is 0.494 e. The van der Waals surface area contributed by atoms with Crippen molar-refractivity contribution >= 4 is 0 Å². The third-order valence-corrected chi connectivity index (χ3v) is 3.83. The second-order valence-corrected chi connectivity index (χ2v) is 5.48. The minimum atomic E-state index is 0.0989. The number of likely N-dealkylation sites (tertiary alicyclic amines) is 1. The zero-order valence-electron chi connectivity index (χ0n) is 13.0. The van der Waals surface area contributed by atoms with Crippen molar-refractivity contribution in [3.05, 3.63) is 47.8 Å². The van der Waals surface area contributed by atoms with Gasteiger partial charge in [0.25, 0.3) is 0 Å². The Morgan fingerprint density at radius 2 is 2.00 bits per heavy atom. The van der Waals surface area contributed by atoms with Crippen LogP contribution < -0.4 is 9.47 Å². The molecule has 1 aromatic carbocycles. The van der Waals surface area contributed by atoms with Crippen LogP contribution in [-0.2, 0) is 6.54 Å². The van der Waals surface area contributed by atoms with E-state index in [0.717, 1.165) is 26.1 Å². The predicted octanol–water partition coefficient (Wildman–Crippen LogP) is 2.01. The van der Waals surface area contributed by atoms with Crippen molar-refractivity contribution in [2.75, 3.05) is 20.2 Å². The van der Waals surface area contributed by atoms with E-state index in [0.29, 0.717) is 17.3 Å². The summed E-state index contributed by atoms with van der Waals surface area (Å²) < 4.78 is 10.8. The van der Waals surface area contributed by atoms with Crippen LogP contribution in [-0.4, -0.2) is 41.2 Å². The molecule has 1 saturated heterocycles. The van der Waals surface area contributed by atoms with Gasteiger partial charge < -0.3 is 9.47 Å². The van der Waals surface area contributed by atoms with Gasteiger partial charge in [-0.1, -0.05) is 12.1 Å². The number of aromatic nitrogens is 2. The molecule has 0 radical (unpaired) electrons. The zero-order valence-corrected chi connectivity index (χ0v) is 13.0. The van der Waals surface area contributed by atoms with Crippen LogP contribution in [0.5, 0.6) is 11.8 Å². The van der Waals surface area contributed by atoms with Crippen molar-refractivity contribution in [2.24, 2.45) is 0 Å². The maximum Gasteiger partial charge on any atom is 0.316 e. The number of rotatable bonds is 5. The molecule has 2 heterocycles. The normalized spacial score (nSPS) is 17.7. The first-order valence-corrected chi connectivity index (χ1v) is 7.51. The first-order valence-electron chi connectivity index (χ1n) is 7.51. The Morgan fingerprint density at radius 3 is 2.65 bits per heavy atom. The van der Waals surface area contributed by atoms with Gasteiger partial charge in [-0.05, 0) is 24.1 Å². The molecule has 1 atom stereocenters. The third-order valence-electron chi connectivity index (χ3n) is 3.83. The summed E-state index contributed by atoms with van der Waals surface area (Å²) in [6.45, 7) is 2.67. The van der Waals surface area contributed by atoms with E-state index in [1.165, 1.54) is 5.56 Å². The van der Waals surface area contributed by atoms with E-state index < -0.39 is 0 Å². The van der Waals surface area contributed by atoms with Crippen LogP contribution in [0.2, 0.25) is 0 Å². The van der Waals surface area contributed by atoms with Gasteiger partial charge >= 0.3 is 6.01 Å². The van der Waals surface area contributed by atoms with Crippen molar-refractivity contribution in [2.45, 2.75) is 19.1 Å². The first-order chi connectivity index (χ1) is 11.3. The van der Waals surface area contributed by atoms with E-state index in [2.05, 4.69) is 20.9 Å². The second-order valence-electron chi connectivity index (χ2n) is 5.48.